The van der Waals surface area contributed by atoms with E-state index in [-0.39, 0.29) is 5.56 Å². The van der Waals surface area contributed by atoms with Crippen molar-refractivity contribution in [3.8, 4) is 0 Å². The molecule has 2 aromatic carbocycles. The van der Waals surface area contributed by atoms with E-state index in [0.717, 1.165) is 0 Å². The number of hydrogen-bond acceptors (Lipinski definition) is 1. The number of carbonyl (C=O) groups is 1. The molecular formula is C13H10BrFO2. The standard InChI is InChI=1S/C11H6BrFO2.C2H4/c12-9-5-8(11(14)15)10(13)7-4-2-1-3-6(7)9;1-2/h1-5H,(H,14,15);1-2H2. The zero-order chi connectivity index (χ0) is 13.0. The quantitative estimate of drug-likeness (QED) is 0.799. The van der Waals surface area contributed by atoms with Crippen LogP contribution in [0.25, 0.3) is 10.8 Å². The van der Waals surface area contributed by atoms with Gasteiger partial charge in [0.2, 0.25) is 0 Å². The monoisotopic (exact) mass is 296 g/mol. The number of aromatic carboxylic acids is 1. The molecule has 0 atom stereocenters. The van der Waals surface area contributed by atoms with E-state index in [1.807, 2.05) is 0 Å². The molecule has 0 aliphatic heterocycles. The highest BCUT2D eigenvalue weighted by atomic mass is 79.9. The summed E-state index contributed by atoms with van der Waals surface area (Å²) in [6.45, 7) is 6.00. The van der Waals surface area contributed by atoms with Gasteiger partial charge in [-0.3, -0.25) is 0 Å². The second-order valence-electron chi connectivity index (χ2n) is 3.07. The highest BCUT2D eigenvalue weighted by molar-refractivity contribution is 9.10. The lowest BCUT2D eigenvalue weighted by molar-refractivity contribution is 0.0692. The summed E-state index contributed by atoms with van der Waals surface area (Å²) >= 11 is 3.22. The Bertz CT molecular complexity index is 567. The van der Waals surface area contributed by atoms with E-state index >= 15 is 0 Å². The highest BCUT2D eigenvalue weighted by Crippen LogP contribution is 2.28. The number of fused-ring (bicyclic) bond motifs is 1. The van der Waals surface area contributed by atoms with Crippen molar-refractivity contribution in [1.29, 1.82) is 0 Å². The fourth-order valence-electron chi connectivity index (χ4n) is 1.45. The minimum Gasteiger partial charge on any atom is -0.478 e. The first-order chi connectivity index (χ1) is 8.11. The Balaban J connectivity index is 0.000000686. The molecule has 0 unspecified atom stereocenters. The lowest BCUT2D eigenvalue weighted by atomic mass is 10.1. The summed E-state index contributed by atoms with van der Waals surface area (Å²) in [6, 6.07) is 8.01. The van der Waals surface area contributed by atoms with Gasteiger partial charge in [-0.25, -0.2) is 9.18 Å². The number of hydrogen-bond donors (Lipinski definition) is 1. The Morgan fingerprint density at radius 3 is 2.29 bits per heavy atom. The van der Waals surface area contributed by atoms with E-state index in [2.05, 4.69) is 29.1 Å². The maximum atomic E-state index is 13.7. The normalized spacial score (nSPS) is 9.53. The fourth-order valence-corrected chi connectivity index (χ4v) is 2.03. The van der Waals surface area contributed by atoms with Gasteiger partial charge in [0.05, 0.1) is 5.56 Å². The number of carboxylic acid groups (broad SMARTS) is 1. The minimum atomic E-state index is -1.26. The van der Waals surface area contributed by atoms with Gasteiger partial charge < -0.3 is 5.11 Å². The molecule has 0 saturated carbocycles. The van der Waals surface area contributed by atoms with Crippen LogP contribution in [0, 0.1) is 5.82 Å². The van der Waals surface area contributed by atoms with Crippen LogP contribution in [0.3, 0.4) is 0 Å². The molecule has 0 heterocycles. The van der Waals surface area contributed by atoms with Crippen LogP contribution >= 0.6 is 15.9 Å². The van der Waals surface area contributed by atoms with Crippen molar-refractivity contribution >= 4 is 32.7 Å². The Hall–Kier alpha value is -1.68. The van der Waals surface area contributed by atoms with Gasteiger partial charge in [0.25, 0.3) is 0 Å². The zero-order valence-corrected chi connectivity index (χ0v) is 10.5. The van der Waals surface area contributed by atoms with Gasteiger partial charge in [0.15, 0.2) is 0 Å². The molecule has 2 rings (SSSR count). The average molecular weight is 297 g/mol. The molecule has 0 spiro atoms. The average Bonchev–Trinajstić information content (AvgIpc) is 2.36. The van der Waals surface area contributed by atoms with E-state index in [4.69, 9.17) is 5.11 Å². The molecule has 88 valence electrons. The molecule has 0 aromatic heterocycles. The minimum absolute atomic E-state index is 0.310. The fraction of sp³-hybridized carbons (Fsp3) is 0. The van der Waals surface area contributed by atoms with E-state index < -0.39 is 11.8 Å². The molecule has 0 amide bonds. The summed E-state index contributed by atoms with van der Waals surface area (Å²) in [7, 11) is 0. The summed E-state index contributed by atoms with van der Waals surface area (Å²) in [6.07, 6.45) is 0. The molecule has 2 aromatic rings. The van der Waals surface area contributed by atoms with Gasteiger partial charge in [-0.15, -0.1) is 13.2 Å². The van der Waals surface area contributed by atoms with Crippen molar-refractivity contribution in [2.24, 2.45) is 0 Å². The van der Waals surface area contributed by atoms with E-state index in [9.17, 15) is 9.18 Å². The predicted molar refractivity (Wildman–Crippen MR) is 69.8 cm³/mol. The number of carboxylic acids is 1. The third-order valence-corrected chi connectivity index (χ3v) is 2.81. The van der Waals surface area contributed by atoms with Gasteiger partial charge in [0.1, 0.15) is 5.82 Å². The third-order valence-electron chi connectivity index (χ3n) is 2.16. The van der Waals surface area contributed by atoms with Crippen LogP contribution in [0.1, 0.15) is 10.4 Å². The van der Waals surface area contributed by atoms with Gasteiger partial charge in [0, 0.05) is 9.86 Å². The number of rotatable bonds is 1. The molecule has 4 heteroatoms. The first kappa shape index (κ1) is 13.4. The van der Waals surface area contributed by atoms with Crippen LogP contribution in [-0.2, 0) is 0 Å². The molecule has 0 radical (unpaired) electrons. The summed E-state index contributed by atoms with van der Waals surface area (Å²) in [5, 5.41) is 9.76. The SMILES string of the molecule is C=C.O=C(O)c1cc(Br)c2ccccc2c1F. The molecule has 0 aliphatic carbocycles. The van der Waals surface area contributed by atoms with E-state index in [1.54, 1.807) is 24.3 Å². The zero-order valence-electron chi connectivity index (χ0n) is 8.91. The number of benzene rings is 2. The molecule has 2 nitrogen and oxygen atoms in total. The van der Waals surface area contributed by atoms with Crippen LogP contribution in [0.4, 0.5) is 4.39 Å². The molecule has 0 saturated heterocycles. The summed E-state index contributed by atoms with van der Waals surface area (Å²) in [4.78, 5) is 10.8. The van der Waals surface area contributed by atoms with E-state index in [1.165, 1.54) is 6.07 Å². The first-order valence-corrected chi connectivity index (χ1v) is 5.50. The Morgan fingerprint density at radius 1 is 1.24 bits per heavy atom. The molecular weight excluding hydrogens is 287 g/mol. The third kappa shape index (κ3) is 2.53. The van der Waals surface area contributed by atoms with E-state index in [0.29, 0.717) is 15.2 Å². The van der Waals surface area contributed by atoms with Crippen LogP contribution < -0.4 is 0 Å². The lowest BCUT2D eigenvalue weighted by Gasteiger charge is -2.05. The smallest absolute Gasteiger partial charge is 0.338 e. The van der Waals surface area contributed by atoms with Crippen molar-refractivity contribution in [2.75, 3.05) is 0 Å². The lowest BCUT2D eigenvalue weighted by Crippen LogP contribution is -2.01. The second kappa shape index (κ2) is 5.59. The van der Waals surface area contributed by atoms with Gasteiger partial charge in [-0.05, 0) is 11.5 Å². The van der Waals surface area contributed by atoms with Crippen molar-refractivity contribution in [3.63, 3.8) is 0 Å². The number of halogens is 2. The van der Waals surface area contributed by atoms with Crippen molar-refractivity contribution in [2.45, 2.75) is 0 Å². The van der Waals surface area contributed by atoms with Gasteiger partial charge >= 0.3 is 5.97 Å². The van der Waals surface area contributed by atoms with Crippen LogP contribution in [0.5, 0.6) is 0 Å². The van der Waals surface area contributed by atoms with Crippen LogP contribution in [-0.4, -0.2) is 11.1 Å². The predicted octanol–water partition coefficient (Wildman–Crippen LogP) is 4.24. The van der Waals surface area contributed by atoms with Gasteiger partial charge in [-0.1, -0.05) is 40.2 Å². The van der Waals surface area contributed by atoms with Crippen LogP contribution in [0.2, 0.25) is 0 Å². The van der Waals surface area contributed by atoms with Crippen LogP contribution in [0.15, 0.2) is 48.0 Å². The maximum Gasteiger partial charge on any atom is 0.338 e. The molecule has 1 N–H and O–H groups in total. The van der Waals surface area contributed by atoms with Crippen molar-refractivity contribution in [1.82, 2.24) is 0 Å². The van der Waals surface area contributed by atoms with Crippen molar-refractivity contribution < 1.29 is 14.3 Å². The van der Waals surface area contributed by atoms with Gasteiger partial charge in [-0.2, -0.15) is 0 Å². The summed E-state index contributed by atoms with van der Waals surface area (Å²) in [5.41, 5.74) is -0.319. The highest BCUT2D eigenvalue weighted by Gasteiger charge is 2.15. The Labute approximate surface area is 107 Å². The summed E-state index contributed by atoms with van der Waals surface area (Å²) < 4.78 is 14.3. The molecule has 0 bridgehead atoms. The maximum absolute atomic E-state index is 13.7. The Kier molecular flexibility index (Phi) is 4.40. The molecule has 0 aliphatic rings. The second-order valence-corrected chi connectivity index (χ2v) is 3.93. The topological polar surface area (TPSA) is 37.3 Å². The Morgan fingerprint density at radius 2 is 1.76 bits per heavy atom. The largest absolute Gasteiger partial charge is 0.478 e. The van der Waals surface area contributed by atoms with Crippen molar-refractivity contribution in [3.05, 3.63) is 59.3 Å². The molecule has 17 heavy (non-hydrogen) atoms. The molecule has 0 fully saturated rings. The summed E-state index contributed by atoms with van der Waals surface area (Å²) in [5.74, 6) is -1.96. The first-order valence-electron chi connectivity index (χ1n) is 4.71.